The SMILES string of the molecule is CCc1ccccc1C1=Cc2c(cccc2OCCCOC(=O)C(N)CN)CCC1. The summed E-state index contributed by atoms with van der Waals surface area (Å²) in [5, 5.41) is 0. The molecule has 2 aromatic rings. The van der Waals surface area contributed by atoms with Gasteiger partial charge in [-0.2, -0.15) is 0 Å². The Hall–Kier alpha value is -2.63. The van der Waals surface area contributed by atoms with E-state index in [1.54, 1.807) is 0 Å². The van der Waals surface area contributed by atoms with Crippen molar-refractivity contribution in [1.29, 1.82) is 0 Å². The summed E-state index contributed by atoms with van der Waals surface area (Å²) >= 11 is 0. The average molecular weight is 409 g/mol. The zero-order valence-electron chi connectivity index (χ0n) is 17.7. The minimum absolute atomic E-state index is 0.0846. The molecule has 0 saturated heterocycles. The molecule has 1 unspecified atom stereocenters. The molecule has 0 spiro atoms. The van der Waals surface area contributed by atoms with Crippen LogP contribution < -0.4 is 16.2 Å². The monoisotopic (exact) mass is 408 g/mol. The first kappa shape index (κ1) is 22.1. The van der Waals surface area contributed by atoms with Crippen LogP contribution in [0.2, 0.25) is 0 Å². The van der Waals surface area contributed by atoms with Gasteiger partial charge in [-0.05, 0) is 60.1 Å². The average Bonchev–Trinajstić information content (AvgIpc) is 3.01. The van der Waals surface area contributed by atoms with Gasteiger partial charge in [0.25, 0.3) is 0 Å². The van der Waals surface area contributed by atoms with E-state index in [-0.39, 0.29) is 13.2 Å². The van der Waals surface area contributed by atoms with Gasteiger partial charge in [0, 0.05) is 18.5 Å². The molecule has 2 aromatic carbocycles. The predicted octanol–water partition coefficient (Wildman–Crippen LogP) is 3.72. The third-order valence-electron chi connectivity index (χ3n) is 5.46. The van der Waals surface area contributed by atoms with Gasteiger partial charge in [-0.15, -0.1) is 0 Å². The van der Waals surface area contributed by atoms with Crippen molar-refractivity contribution in [3.8, 4) is 5.75 Å². The van der Waals surface area contributed by atoms with Crippen LogP contribution >= 0.6 is 0 Å². The van der Waals surface area contributed by atoms with E-state index >= 15 is 0 Å². The quantitative estimate of drug-likeness (QED) is 0.488. The summed E-state index contributed by atoms with van der Waals surface area (Å²) in [6, 6.07) is 14.1. The molecule has 160 valence electrons. The van der Waals surface area contributed by atoms with E-state index in [9.17, 15) is 4.79 Å². The largest absolute Gasteiger partial charge is 0.493 e. The molecule has 0 bridgehead atoms. The molecule has 5 heteroatoms. The van der Waals surface area contributed by atoms with Crippen LogP contribution in [0.1, 0.15) is 48.4 Å². The molecule has 0 saturated carbocycles. The Kier molecular flexibility index (Phi) is 8.05. The fraction of sp³-hybridized carbons (Fsp3) is 0.400. The first-order valence-electron chi connectivity index (χ1n) is 10.8. The van der Waals surface area contributed by atoms with Crippen molar-refractivity contribution < 1.29 is 14.3 Å². The van der Waals surface area contributed by atoms with E-state index in [0.717, 1.165) is 37.0 Å². The number of fused-ring (bicyclic) bond motifs is 1. The van der Waals surface area contributed by atoms with Crippen LogP contribution in [0, 0.1) is 0 Å². The Labute approximate surface area is 179 Å². The highest BCUT2D eigenvalue weighted by molar-refractivity contribution is 5.86. The van der Waals surface area contributed by atoms with Crippen molar-refractivity contribution >= 4 is 17.6 Å². The molecule has 0 fully saturated rings. The molecule has 0 heterocycles. The maximum Gasteiger partial charge on any atom is 0.324 e. The predicted molar refractivity (Wildman–Crippen MR) is 121 cm³/mol. The number of hydrogen-bond acceptors (Lipinski definition) is 5. The molecular weight excluding hydrogens is 376 g/mol. The smallest absolute Gasteiger partial charge is 0.324 e. The molecule has 4 N–H and O–H groups in total. The van der Waals surface area contributed by atoms with E-state index in [4.69, 9.17) is 20.9 Å². The second-order valence-corrected chi connectivity index (χ2v) is 7.57. The van der Waals surface area contributed by atoms with Crippen molar-refractivity contribution in [2.45, 2.75) is 45.1 Å². The molecule has 0 amide bonds. The van der Waals surface area contributed by atoms with Crippen molar-refractivity contribution in [3.63, 3.8) is 0 Å². The van der Waals surface area contributed by atoms with Crippen molar-refractivity contribution in [3.05, 3.63) is 64.7 Å². The molecule has 30 heavy (non-hydrogen) atoms. The van der Waals surface area contributed by atoms with E-state index < -0.39 is 12.0 Å². The number of ether oxygens (including phenoxy) is 2. The number of rotatable bonds is 9. The van der Waals surface area contributed by atoms with Crippen LogP contribution in [0.25, 0.3) is 11.6 Å². The summed E-state index contributed by atoms with van der Waals surface area (Å²) < 4.78 is 11.2. The fourth-order valence-electron chi connectivity index (χ4n) is 3.78. The number of carbonyl (C=O) groups is 1. The number of carbonyl (C=O) groups excluding carboxylic acids is 1. The number of nitrogens with two attached hydrogens (primary N) is 2. The lowest BCUT2D eigenvalue weighted by molar-refractivity contribution is -0.145. The molecule has 0 aromatic heterocycles. The van der Waals surface area contributed by atoms with E-state index in [1.165, 1.54) is 22.3 Å². The van der Waals surface area contributed by atoms with E-state index in [2.05, 4.69) is 43.3 Å². The molecular formula is C25H32N2O3. The standard InChI is InChI=1S/C25H32N2O3/c1-2-18-8-3-4-12-21(18)20-11-5-9-19-10-6-13-24(22(19)16-20)29-14-7-15-30-25(28)23(27)17-26/h3-4,6,8,10,12-13,16,23H,2,5,7,9,11,14-15,17,26-27H2,1H3. The first-order valence-corrected chi connectivity index (χ1v) is 10.8. The third kappa shape index (κ3) is 5.49. The Morgan fingerprint density at radius 3 is 2.73 bits per heavy atom. The van der Waals surface area contributed by atoms with Crippen LogP contribution in [0.3, 0.4) is 0 Å². The van der Waals surface area contributed by atoms with E-state index in [0.29, 0.717) is 13.0 Å². The second kappa shape index (κ2) is 11.0. The summed E-state index contributed by atoms with van der Waals surface area (Å²) in [7, 11) is 0. The van der Waals surface area contributed by atoms with Gasteiger partial charge in [-0.3, -0.25) is 4.79 Å². The lowest BCUT2D eigenvalue weighted by Crippen LogP contribution is -2.39. The Morgan fingerprint density at radius 1 is 1.10 bits per heavy atom. The minimum atomic E-state index is -0.759. The lowest BCUT2D eigenvalue weighted by Gasteiger charge is -2.14. The highest BCUT2D eigenvalue weighted by Crippen LogP contribution is 2.35. The summed E-state index contributed by atoms with van der Waals surface area (Å²) in [6.45, 7) is 3.02. The van der Waals surface area contributed by atoms with Gasteiger partial charge in [-0.1, -0.05) is 43.3 Å². The minimum Gasteiger partial charge on any atom is -0.493 e. The van der Waals surface area contributed by atoms with Crippen molar-refractivity contribution in [2.75, 3.05) is 19.8 Å². The van der Waals surface area contributed by atoms with Crippen molar-refractivity contribution in [2.24, 2.45) is 11.5 Å². The summed E-state index contributed by atoms with van der Waals surface area (Å²) in [5.41, 5.74) is 17.5. The number of hydrogen-bond donors (Lipinski definition) is 2. The zero-order chi connectivity index (χ0) is 21.3. The highest BCUT2D eigenvalue weighted by atomic mass is 16.5. The van der Waals surface area contributed by atoms with Crippen LogP contribution in [-0.2, 0) is 22.4 Å². The third-order valence-corrected chi connectivity index (χ3v) is 5.46. The van der Waals surface area contributed by atoms with Crippen LogP contribution in [-0.4, -0.2) is 31.8 Å². The maximum atomic E-state index is 11.6. The number of aryl methyl sites for hydroxylation is 2. The molecule has 5 nitrogen and oxygen atoms in total. The molecule has 3 rings (SSSR count). The zero-order valence-corrected chi connectivity index (χ0v) is 17.7. The molecule has 0 aliphatic heterocycles. The summed E-state index contributed by atoms with van der Waals surface area (Å²) in [5.74, 6) is 0.416. The van der Waals surface area contributed by atoms with Crippen LogP contribution in [0.5, 0.6) is 5.75 Å². The molecule has 1 atom stereocenters. The van der Waals surface area contributed by atoms with Gasteiger partial charge in [0.05, 0.1) is 13.2 Å². The lowest BCUT2D eigenvalue weighted by atomic mass is 9.94. The second-order valence-electron chi connectivity index (χ2n) is 7.57. The Balaban J connectivity index is 1.71. The topological polar surface area (TPSA) is 87.6 Å². The van der Waals surface area contributed by atoms with Gasteiger partial charge >= 0.3 is 5.97 Å². The summed E-state index contributed by atoms with van der Waals surface area (Å²) in [6.07, 6.45) is 7.13. The van der Waals surface area contributed by atoms with Gasteiger partial charge in [0.15, 0.2) is 0 Å². The van der Waals surface area contributed by atoms with Crippen LogP contribution in [0.15, 0.2) is 42.5 Å². The first-order chi connectivity index (χ1) is 14.6. The van der Waals surface area contributed by atoms with Gasteiger partial charge < -0.3 is 20.9 Å². The molecule has 0 radical (unpaired) electrons. The van der Waals surface area contributed by atoms with Crippen LogP contribution in [0.4, 0.5) is 0 Å². The van der Waals surface area contributed by atoms with Crippen molar-refractivity contribution in [1.82, 2.24) is 0 Å². The normalized spacial score (nSPS) is 14.3. The summed E-state index contributed by atoms with van der Waals surface area (Å²) in [4.78, 5) is 11.6. The number of benzene rings is 2. The fourth-order valence-corrected chi connectivity index (χ4v) is 3.78. The Morgan fingerprint density at radius 2 is 1.93 bits per heavy atom. The van der Waals surface area contributed by atoms with E-state index in [1.807, 2.05) is 12.1 Å². The highest BCUT2D eigenvalue weighted by Gasteiger charge is 2.16. The van der Waals surface area contributed by atoms with Gasteiger partial charge in [0.2, 0.25) is 0 Å². The number of allylic oxidation sites excluding steroid dienone is 1. The number of esters is 1. The molecule has 1 aliphatic rings. The Bertz CT molecular complexity index is 892. The van der Waals surface area contributed by atoms with Gasteiger partial charge in [-0.25, -0.2) is 0 Å². The molecule has 1 aliphatic carbocycles. The van der Waals surface area contributed by atoms with Gasteiger partial charge in [0.1, 0.15) is 11.8 Å². The maximum absolute atomic E-state index is 11.6.